The van der Waals surface area contributed by atoms with Crippen LogP contribution < -0.4 is 5.32 Å². The van der Waals surface area contributed by atoms with Crippen molar-refractivity contribution >= 4 is 0 Å². The van der Waals surface area contributed by atoms with Crippen LogP contribution in [0, 0.1) is 5.92 Å². The van der Waals surface area contributed by atoms with Crippen molar-refractivity contribution in [1.82, 2.24) is 15.1 Å². The average molecular weight is 297 g/mol. The molecular weight excluding hydrogens is 262 g/mol. The molecule has 2 rings (SSSR count). The summed E-state index contributed by atoms with van der Waals surface area (Å²) >= 11 is 0. The number of hydrogen-bond donors (Lipinski definition) is 1. The number of rotatable bonds is 10. The maximum atomic E-state index is 5.62. The summed E-state index contributed by atoms with van der Waals surface area (Å²) in [7, 11) is 0. The Kier molecular flexibility index (Phi) is 8.01. The van der Waals surface area contributed by atoms with Gasteiger partial charge >= 0.3 is 0 Å². The smallest absolute Gasteiger partial charge is 0.0634 e. The predicted molar refractivity (Wildman–Crippen MR) is 88.5 cm³/mol. The third-order valence-corrected chi connectivity index (χ3v) is 4.58. The second-order valence-corrected chi connectivity index (χ2v) is 6.97. The van der Waals surface area contributed by atoms with E-state index in [9.17, 15) is 0 Å². The third-order valence-electron chi connectivity index (χ3n) is 4.58. The van der Waals surface area contributed by atoms with Gasteiger partial charge in [0.1, 0.15) is 0 Å². The Morgan fingerprint density at radius 1 is 0.905 bits per heavy atom. The van der Waals surface area contributed by atoms with E-state index in [0.717, 1.165) is 26.3 Å². The predicted octanol–water partition coefficient (Wildman–Crippen LogP) is 2.16. The van der Waals surface area contributed by atoms with E-state index in [1.807, 2.05) is 0 Å². The van der Waals surface area contributed by atoms with Crippen LogP contribution in [-0.2, 0) is 4.74 Å². The van der Waals surface area contributed by atoms with E-state index in [2.05, 4.69) is 29.0 Å². The molecule has 2 aliphatic rings. The van der Waals surface area contributed by atoms with Gasteiger partial charge < -0.3 is 10.1 Å². The zero-order valence-electron chi connectivity index (χ0n) is 14.1. The molecule has 0 unspecified atom stereocenters. The SMILES string of the molecule is CC(C)COCCNCCC(N1CCCC1)N1CCCC1. The molecule has 4 nitrogen and oxygen atoms in total. The van der Waals surface area contributed by atoms with Gasteiger partial charge in [0.15, 0.2) is 0 Å². The lowest BCUT2D eigenvalue weighted by Gasteiger charge is -2.35. The molecule has 0 aromatic rings. The van der Waals surface area contributed by atoms with Crippen molar-refractivity contribution in [2.45, 2.75) is 52.1 Å². The fraction of sp³-hybridized carbons (Fsp3) is 1.00. The molecule has 0 bridgehead atoms. The molecule has 2 saturated heterocycles. The van der Waals surface area contributed by atoms with Crippen LogP contribution in [0.3, 0.4) is 0 Å². The van der Waals surface area contributed by atoms with E-state index < -0.39 is 0 Å². The molecule has 2 fully saturated rings. The van der Waals surface area contributed by atoms with Gasteiger partial charge in [-0.3, -0.25) is 9.80 Å². The summed E-state index contributed by atoms with van der Waals surface area (Å²) in [6.07, 6.45) is 7.49. The lowest BCUT2D eigenvalue weighted by atomic mass is 10.2. The first-order valence-electron chi connectivity index (χ1n) is 9.04. The normalized spacial score (nSPS) is 21.1. The van der Waals surface area contributed by atoms with Crippen molar-refractivity contribution in [2.75, 3.05) is 52.5 Å². The van der Waals surface area contributed by atoms with Gasteiger partial charge in [0.2, 0.25) is 0 Å². The van der Waals surface area contributed by atoms with Crippen molar-refractivity contribution in [2.24, 2.45) is 5.92 Å². The molecule has 4 heteroatoms. The fourth-order valence-corrected chi connectivity index (χ4v) is 3.49. The van der Waals surface area contributed by atoms with Crippen molar-refractivity contribution in [3.8, 4) is 0 Å². The summed E-state index contributed by atoms with van der Waals surface area (Å²) in [5.74, 6) is 0.639. The highest BCUT2D eigenvalue weighted by atomic mass is 16.5. The first-order chi connectivity index (χ1) is 10.3. The summed E-state index contributed by atoms with van der Waals surface area (Å²) < 4.78 is 5.62. The molecule has 0 aliphatic carbocycles. The number of nitrogens with zero attached hydrogens (tertiary/aromatic N) is 2. The highest BCUT2D eigenvalue weighted by Gasteiger charge is 2.28. The molecule has 2 aliphatic heterocycles. The Bertz CT molecular complexity index is 245. The molecule has 0 aromatic carbocycles. The Morgan fingerprint density at radius 3 is 2.00 bits per heavy atom. The van der Waals surface area contributed by atoms with Gasteiger partial charge in [0.05, 0.1) is 12.8 Å². The maximum Gasteiger partial charge on any atom is 0.0634 e. The van der Waals surface area contributed by atoms with E-state index in [0.29, 0.717) is 12.1 Å². The van der Waals surface area contributed by atoms with Crippen molar-refractivity contribution in [3.05, 3.63) is 0 Å². The quantitative estimate of drug-likeness (QED) is 0.625. The van der Waals surface area contributed by atoms with Gasteiger partial charge in [-0.15, -0.1) is 0 Å². The van der Waals surface area contributed by atoms with Gasteiger partial charge in [0, 0.05) is 13.2 Å². The number of nitrogens with one attached hydrogen (secondary N) is 1. The standard InChI is InChI=1S/C17H35N3O/c1-16(2)15-21-14-9-18-8-7-17(19-10-3-4-11-19)20-12-5-6-13-20/h16-18H,3-15H2,1-2H3. The summed E-state index contributed by atoms with van der Waals surface area (Å²) in [6, 6.07) is 0. The second-order valence-electron chi connectivity index (χ2n) is 6.97. The number of ether oxygens (including phenoxy) is 1. The van der Waals surface area contributed by atoms with Gasteiger partial charge in [0.25, 0.3) is 0 Å². The minimum absolute atomic E-state index is 0.639. The Balaban J connectivity index is 1.60. The summed E-state index contributed by atoms with van der Waals surface area (Å²) in [4.78, 5) is 5.42. The Hall–Kier alpha value is -0.160. The van der Waals surface area contributed by atoms with E-state index in [4.69, 9.17) is 4.74 Å². The molecular formula is C17H35N3O. The highest BCUT2D eigenvalue weighted by molar-refractivity contribution is 4.80. The van der Waals surface area contributed by atoms with Crippen LogP contribution in [0.4, 0.5) is 0 Å². The van der Waals surface area contributed by atoms with Gasteiger partial charge in [-0.25, -0.2) is 0 Å². The monoisotopic (exact) mass is 297 g/mol. The Labute approximate surface area is 131 Å². The number of hydrogen-bond acceptors (Lipinski definition) is 4. The summed E-state index contributed by atoms with van der Waals surface area (Å²) in [6.45, 7) is 13.4. The molecule has 0 aromatic heterocycles. The molecule has 0 spiro atoms. The van der Waals surface area contributed by atoms with Crippen LogP contribution in [-0.4, -0.2) is 68.4 Å². The van der Waals surface area contributed by atoms with Crippen LogP contribution in [0.1, 0.15) is 46.0 Å². The molecule has 21 heavy (non-hydrogen) atoms. The molecule has 124 valence electrons. The van der Waals surface area contributed by atoms with Gasteiger partial charge in [-0.1, -0.05) is 13.8 Å². The molecule has 0 radical (unpaired) electrons. The van der Waals surface area contributed by atoms with Crippen molar-refractivity contribution in [1.29, 1.82) is 0 Å². The maximum absolute atomic E-state index is 5.62. The average Bonchev–Trinajstić information content (AvgIpc) is 3.14. The van der Waals surface area contributed by atoms with E-state index in [-0.39, 0.29) is 0 Å². The largest absolute Gasteiger partial charge is 0.380 e. The summed E-state index contributed by atoms with van der Waals surface area (Å²) in [5, 5.41) is 3.56. The lowest BCUT2D eigenvalue weighted by molar-refractivity contribution is 0.0705. The van der Waals surface area contributed by atoms with Crippen LogP contribution in [0.5, 0.6) is 0 Å². The van der Waals surface area contributed by atoms with Crippen LogP contribution in [0.25, 0.3) is 0 Å². The number of likely N-dealkylation sites (tertiary alicyclic amines) is 2. The first-order valence-corrected chi connectivity index (χ1v) is 9.04. The minimum atomic E-state index is 0.639. The van der Waals surface area contributed by atoms with E-state index in [1.54, 1.807) is 0 Å². The van der Waals surface area contributed by atoms with E-state index in [1.165, 1.54) is 58.3 Å². The van der Waals surface area contributed by atoms with Gasteiger partial charge in [-0.05, 0) is 70.7 Å². The molecule has 0 amide bonds. The zero-order valence-corrected chi connectivity index (χ0v) is 14.1. The lowest BCUT2D eigenvalue weighted by Crippen LogP contribution is -2.47. The van der Waals surface area contributed by atoms with Crippen molar-refractivity contribution < 1.29 is 4.74 Å². The molecule has 0 saturated carbocycles. The minimum Gasteiger partial charge on any atom is -0.380 e. The zero-order chi connectivity index (χ0) is 14.9. The summed E-state index contributed by atoms with van der Waals surface area (Å²) in [5.41, 5.74) is 0. The molecule has 2 heterocycles. The highest BCUT2D eigenvalue weighted by Crippen LogP contribution is 2.21. The third kappa shape index (κ3) is 6.23. The van der Waals surface area contributed by atoms with Crippen LogP contribution in [0.15, 0.2) is 0 Å². The second kappa shape index (κ2) is 9.78. The Morgan fingerprint density at radius 2 is 1.48 bits per heavy atom. The first kappa shape index (κ1) is 17.2. The fourth-order valence-electron chi connectivity index (χ4n) is 3.49. The van der Waals surface area contributed by atoms with Crippen molar-refractivity contribution in [3.63, 3.8) is 0 Å². The van der Waals surface area contributed by atoms with Gasteiger partial charge in [-0.2, -0.15) is 0 Å². The molecule has 0 atom stereocenters. The van der Waals surface area contributed by atoms with Crippen LogP contribution in [0.2, 0.25) is 0 Å². The van der Waals surface area contributed by atoms with Crippen LogP contribution >= 0.6 is 0 Å². The molecule has 1 N–H and O–H groups in total. The topological polar surface area (TPSA) is 27.7 Å². The van der Waals surface area contributed by atoms with E-state index >= 15 is 0 Å².